The van der Waals surface area contributed by atoms with Crippen LogP contribution in [0.2, 0.25) is 5.02 Å². The third-order valence-corrected chi connectivity index (χ3v) is 4.42. The number of anilines is 1. The Balaban J connectivity index is 1.52. The van der Waals surface area contributed by atoms with Gasteiger partial charge in [-0.25, -0.2) is 10.2 Å². The molecular weight excluding hydrogens is 475 g/mol. The lowest BCUT2D eigenvalue weighted by Crippen LogP contribution is -2.32. The normalized spacial score (nSPS) is 11.2. The second kappa shape index (κ2) is 10.6. The van der Waals surface area contributed by atoms with Crippen LogP contribution in [0.3, 0.4) is 0 Å². The van der Waals surface area contributed by atoms with Crippen molar-refractivity contribution in [1.82, 2.24) is 5.43 Å². The highest BCUT2D eigenvalue weighted by atomic mass is 35.5. The molecule has 0 saturated heterocycles. The van der Waals surface area contributed by atoms with E-state index in [0.29, 0.717) is 16.7 Å². The number of carbonyl (C=O) groups excluding carboxylic acids is 3. The first-order valence-corrected chi connectivity index (χ1v) is 9.89. The molecular formula is C23H15ClF3N3O4. The molecule has 3 aromatic rings. The SMILES string of the molecule is O=C(NN=Cc1ccc(OC(=O)c2cccc(Cl)c2)cc1)C(=O)Nc1cccc(C(F)(F)F)c1. The standard InChI is InChI=1S/C23H15ClF3N3O4/c24-17-5-1-3-15(11-17)22(33)34-19-9-7-14(8-10-19)13-28-30-21(32)20(31)29-18-6-2-4-16(12-18)23(25,26)27/h1-13H,(H,29,31)(H,30,32). The lowest BCUT2D eigenvalue weighted by molar-refractivity contribution is -0.137. The maximum absolute atomic E-state index is 12.7. The number of halogens is 4. The van der Waals surface area contributed by atoms with Crippen LogP contribution in [0.4, 0.5) is 18.9 Å². The zero-order valence-corrected chi connectivity index (χ0v) is 17.9. The van der Waals surface area contributed by atoms with Gasteiger partial charge in [-0.1, -0.05) is 23.7 Å². The molecule has 0 radical (unpaired) electrons. The average molecular weight is 490 g/mol. The quantitative estimate of drug-likeness (QED) is 0.179. The van der Waals surface area contributed by atoms with Crippen LogP contribution >= 0.6 is 11.6 Å². The van der Waals surface area contributed by atoms with Crippen LogP contribution in [0.1, 0.15) is 21.5 Å². The number of amides is 2. The predicted molar refractivity (Wildman–Crippen MR) is 119 cm³/mol. The largest absolute Gasteiger partial charge is 0.423 e. The number of nitrogens with zero attached hydrogens (tertiary/aromatic N) is 1. The molecule has 0 aliphatic rings. The molecule has 0 aliphatic carbocycles. The van der Waals surface area contributed by atoms with Gasteiger partial charge >= 0.3 is 24.0 Å². The Morgan fingerprint density at radius 3 is 2.29 bits per heavy atom. The second-order valence-electron chi connectivity index (χ2n) is 6.70. The molecule has 2 amide bonds. The summed E-state index contributed by atoms with van der Waals surface area (Å²) >= 11 is 5.85. The molecule has 0 spiro atoms. The van der Waals surface area contributed by atoms with E-state index in [0.717, 1.165) is 12.1 Å². The number of benzene rings is 3. The van der Waals surface area contributed by atoms with Gasteiger partial charge in [-0.15, -0.1) is 0 Å². The molecule has 7 nitrogen and oxygen atoms in total. The molecule has 174 valence electrons. The van der Waals surface area contributed by atoms with Gasteiger partial charge in [-0.05, 0) is 66.2 Å². The summed E-state index contributed by atoms with van der Waals surface area (Å²) in [5, 5.41) is 6.08. The number of ether oxygens (including phenoxy) is 1. The smallest absolute Gasteiger partial charge is 0.416 e. The maximum Gasteiger partial charge on any atom is 0.416 e. The van der Waals surface area contributed by atoms with E-state index < -0.39 is 29.5 Å². The summed E-state index contributed by atoms with van der Waals surface area (Å²) in [5.74, 6) is -2.71. The van der Waals surface area contributed by atoms with Crippen molar-refractivity contribution in [3.63, 3.8) is 0 Å². The number of hydrogen-bond donors (Lipinski definition) is 2. The minimum Gasteiger partial charge on any atom is -0.423 e. The van der Waals surface area contributed by atoms with Crippen LogP contribution in [0.15, 0.2) is 77.9 Å². The Morgan fingerprint density at radius 1 is 0.912 bits per heavy atom. The van der Waals surface area contributed by atoms with Gasteiger partial charge in [0.1, 0.15) is 5.75 Å². The molecule has 0 aromatic heterocycles. The molecule has 0 unspecified atom stereocenters. The van der Waals surface area contributed by atoms with Crippen LogP contribution in [0.5, 0.6) is 5.75 Å². The van der Waals surface area contributed by atoms with Crippen LogP contribution in [0.25, 0.3) is 0 Å². The summed E-state index contributed by atoms with van der Waals surface area (Å²) in [7, 11) is 0. The summed E-state index contributed by atoms with van der Waals surface area (Å²) in [4.78, 5) is 35.8. The topological polar surface area (TPSA) is 96.9 Å². The molecule has 0 atom stereocenters. The maximum atomic E-state index is 12.7. The number of rotatable bonds is 5. The van der Waals surface area contributed by atoms with Gasteiger partial charge in [0.25, 0.3) is 0 Å². The van der Waals surface area contributed by atoms with Crippen LogP contribution in [-0.2, 0) is 15.8 Å². The summed E-state index contributed by atoms with van der Waals surface area (Å²) in [5.41, 5.74) is 1.59. The molecule has 0 aliphatic heterocycles. The minimum atomic E-state index is -4.59. The lowest BCUT2D eigenvalue weighted by Gasteiger charge is -2.09. The summed E-state index contributed by atoms with van der Waals surface area (Å²) < 4.78 is 43.4. The first kappa shape index (κ1) is 24.5. The van der Waals surface area contributed by atoms with Gasteiger partial charge in [0.15, 0.2) is 0 Å². The first-order valence-electron chi connectivity index (χ1n) is 9.51. The summed E-state index contributed by atoms with van der Waals surface area (Å²) in [6, 6.07) is 16.2. The zero-order chi connectivity index (χ0) is 24.7. The van der Waals surface area contributed by atoms with Gasteiger partial charge < -0.3 is 10.1 Å². The van der Waals surface area contributed by atoms with Crippen molar-refractivity contribution >= 4 is 41.3 Å². The second-order valence-corrected chi connectivity index (χ2v) is 7.14. The van der Waals surface area contributed by atoms with Gasteiger partial charge in [-0.2, -0.15) is 18.3 Å². The van der Waals surface area contributed by atoms with Crippen molar-refractivity contribution in [2.24, 2.45) is 5.10 Å². The zero-order valence-electron chi connectivity index (χ0n) is 17.1. The van der Waals surface area contributed by atoms with E-state index in [4.69, 9.17) is 16.3 Å². The average Bonchev–Trinajstić information content (AvgIpc) is 2.79. The van der Waals surface area contributed by atoms with E-state index in [1.54, 1.807) is 30.3 Å². The van der Waals surface area contributed by atoms with Gasteiger partial charge in [-0.3, -0.25) is 9.59 Å². The van der Waals surface area contributed by atoms with Crippen molar-refractivity contribution in [2.75, 3.05) is 5.32 Å². The molecule has 3 aromatic carbocycles. The Morgan fingerprint density at radius 2 is 1.62 bits per heavy atom. The molecule has 2 N–H and O–H groups in total. The van der Waals surface area contributed by atoms with Crippen molar-refractivity contribution in [3.8, 4) is 5.75 Å². The van der Waals surface area contributed by atoms with E-state index in [1.807, 2.05) is 5.43 Å². The van der Waals surface area contributed by atoms with Crippen LogP contribution < -0.4 is 15.5 Å². The lowest BCUT2D eigenvalue weighted by atomic mass is 10.2. The molecule has 0 saturated carbocycles. The number of hydrogen-bond acceptors (Lipinski definition) is 5. The van der Waals surface area contributed by atoms with E-state index >= 15 is 0 Å². The van der Waals surface area contributed by atoms with Crippen LogP contribution in [0, 0.1) is 0 Å². The Kier molecular flexibility index (Phi) is 7.64. The Hall–Kier alpha value is -4.18. The summed E-state index contributed by atoms with van der Waals surface area (Å²) in [6.45, 7) is 0. The Labute approximate surface area is 196 Å². The van der Waals surface area contributed by atoms with Crippen molar-refractivity contribution < 1.29 is 32.3 Å². The third kappa shape index (κ3) is 6.91. The first-order chi connectivity index (χ1) is 16.1. The molecule has 11 heteroatoms. The predicted octanol–water partition coefficient (Wildman–Crippen LogP) is 4.67. The van der Waals surface area contributed by atoms with Gasteiger partial charge in [0.2, 0.25) is 0 Å². The molecule has 3 rings (SSSR count). The van der Waals surface area contributed by atoms with E-state index in [9.17, 15) is 27.6 Å². The highest BCUT2D eigenvalue weighted by Gasteiger charge is 2.30. The molecule has 0 fully saturated rings. The summed E-state index contributed by atoms with van der Waals surface area (Å²) in [6.07, 6.45) is -3.37. The van der Waals surface area contributed by atoms with E-state index in [1.165, 1.54) is 30.5 Å². The van der Waals surface area contributed by atoms with Gasteiger partial charge in [0.05, 0.1) is 17.3 Å². The van der Waals surface area contributed by atoms with E-state index in [-0.39, 0.29) is 17.0 Å². The fraction of sp³-hybridized carbons (Fsp3) is 0.0435. The number of alkyl halides is 3. The molecule has 0 heterocycles. The highest BCUT2D eigenvalue weighted by Crippen LogP contribution is 2.30. The minimum absolute atomic E-state index is 0.193. The molecule has 0 bridgehead atoms. The van der Waals surface area contributed by atoms with Crippen molar-refractivity contribution in [2.45, 2.75) is 6.18 Å². The highest BCUT2D eigenvalue weighted by molar-refractivity contribution is 6.39. The fourth-order valence-corrected chi connectivity index (χ4v) is 2.77. The van der Waals surface area contributed by atoms with Gasteiger partial charge in [0, 0.05) is 10.7 Å². The number of nitrogens with one attached hydrogen (secondary N) is 2. The number of carbonyl (C=O) groups is 3. The monoisotopic (exact) mass is 489 g/mol. The molecule has 34 heavy (non-hydrogen) atoms. The fourth-order valence-electron chi connectivity index (χ4n) is 2.58. The van der Waals surface area contributed by atoms with Crippen molar-refractivity contribution in [3.05, 3.63) is 94.5 Å². The number of hydrazone groups is 1. The third-order valence-electron chi connectivity index (χ3n) is 4.18. The Bertz CT molecular complexity index is 1240. The number of esters is 1. The van der Waals surface area contributed by atoms with Crippen molar-refractivity contribution in [1.29, 1.82) is 0 Å². The van der Waals surface area contributed by atoms with Crippen LogP contribution in [-0.4, -0.2) is 24.0 Å². The van der Waals surface area contributed by atoms with E-state index in [2.05, 4.69) is 10.4 Å².